The van der Waals surface area contributed by atoms with Gasteiger partial charge < -0.3 is 4.42 Å². The fraction of sp³-hybridized carbons (Fsp3) is 0. The van der Waals surface area contributed by atoms with E-state index in [0.717, 1.165) is 4.90 Å². The zero-order valence-electron chi connectivity index (χ0n) is 9.59. The summed E-state index contributed by atoms with van der Waals surface area (Å²) in [6.07, 6.45) is 1.86. The molecule has 0 atom stereocenters. The van der Waals surface area contributed by atoms with Gasteiger partial charge in [-0.1, -0.05) is 59.9 Å². The molecule has 0 bridgehead atoms. The van der Waals surface area contributed by atoms with E-state index < -0.39 is 0 Å². The minimum atomic E-state index is 1.01. The summed E-state index contributed by atoms with van der Waals surface area (Å²) in [6, 6.07) is 18.8. The molecule has 1 nitrogen and oxygen atoms in total. The quantitative estimate of drug-likeness (QED) is 0.446. The highest BCUT2D eigenvalue weighted by atomic mass is 32.1. The van der Waals surface area contributed by atoms with Crippen LogP contribution < -0.4 is 0 Å². The first-order valence-electron chi connectivity index (χ1n) is 5.87. The van der Waals surface area contributed by atoms with Crippen LogP contribution in [-0.2, 0) is 0 Å². The SMILES string of the molecule is c1ccc(-c2coc3sc4ccccc4c23)cc1. The predicted molar refractivity (Wildman–Crippen MR) is 77.0 cm³/mol. The molecule has 0 amide bonds. The maximum absolute atomic E-state index is 5.71. The molecule has 0 radical (unpaired) electrons. The van der Waals surface area contributed by atoms with Gasteiger partial charge in [0.05, 0.1) is 0 Å². The zero-order valence-corrected chi connectivity index (χ0v) is 10.4. The van der Waals surface area contributed by atoms with Crippen molar-refractivity contribution in [3.63, 3.8) is 0 Å². The Bertz CT molecular complexity index is 824. The van der Waals surface area contributed by atoms with Crippen LogP contribution in [0.4, 0.5) is 0 Å². The van der Waals surface area contributed by atoms with E-state index in [2.05, 4.69) is 48.5 Å². The molecule has 0 aliphatic carbocycles. The van der Waals surface area contributed by atoms with Gasteiger partial charge in [-0.25, -0.2) is 0 Å². The van der Waals surface area contributed by atoms with Crippen molar-refractivity contribution in [1.82, 2.24) is 0 Å². The van der Waals surface area contributed by atoms with Gasteiger partial charge in [-0.3, -0.25) is 0 Å². The lowest BCUT2D eigenvalue weighted by Gasteiger charge is -1.97. The molecule has 4 aromatic rings. The Kier molecular flexibility index (Phi) is 2.05. The first-order valence-corrected chi connectivity index (χ1v) is 6.69. The molecule has 0 unspecified atom stereocenters. The minimum absolute atomic E-state index is 1.01. The molecule has 0 saturated carbocycles. The summed E-state index contributed by atoms with van der Waals surface area (Å²) in [4.78, 5) is 1.01. The first kappa shape index (κ1) is 9.92. The molecule has 2 aromatic heterocycles. The lowest BCUT2D eigenvalue weighted by atomic mass is 10.0. The second kappa shape index (κ2) is 3.72. The summed E-state index contributed by atoms with van der Waals surface area (Å²) in [5.74, 6) is 0. The third kappa shape index (κ3) is 1.33. The van der Waals surface area contributed by atoms with Crippen molar-refractivity contribution in [2.75, 3.05) is 0 Å². The maximum atomic E-state index is 5.71. The number of fused-ring (bicyclic) bond motifs is 3. The van der Waals surface area contributed by atoms with E-state index >= 15 is 0 Å². The van der Waals surface area contributed by atoms with Crippen molar-refractivity contribution < 1.29 is 4.42 Å². The number of rotatable bonds is 1. The number of furan rings is 1. The zero-order chi connectivity index (χ0) is 11.9. The van der Waals surface area contributed by atoms with E-state index in [1.54, 1.807) is 11.3 Å². The molecule has 0 aliphatic heterocycles. The maximum Gasteiger partial charge on any atom is 0.189 e. The Morgan fingerprint density at radius 3 is 2.50 bits per heavy atom. The summed E-state index contributed by atoms with van der Waals surface area (Å²) < 4.78 is 6.99. The second-order valence-electron chi connectivity index (χ2n) is 4.28. The predicted octanol–water partition coefficient (Wildman–Crippen LogP) is 5.31. The van der Waals surface area contributed by atoms with Crippen molar-refractivity contribution >= 4 is 31.7 Å². The molecule has 2 heterocycles. The number of hydrogen-bond donors (Lipinski definition) is 0. The molecule has 2 aromatic carbocycles. The van der Waals surface area contributed by atoms with Crippen molar-refractivity contribution in [2.24, 2.45) is 0 Å². The highest BCUT2D eigenvalue weighted by molar-refractivity contribution is 7.25. The van der Waals surface area contributed by atoms with Crippen LogP contribution in [0.3, 0.4) is 0 Å². The van der Waals surface area contributed by atoms with Gasteiger partial charge >= 0.3 is 0 Å². The van der Waals surface area contributed by atoms with Gasteiger partial charge in [0.15, 0.2) is 4.90 Å². The van der Waals surface area contributed by atoms with Crippen LogP contribution in [0.1, 0.15) is 0 Å². The van der Waals surface area contributed by atoms with Crippen LogP contribution in [0.25, 0.3) is 31.5 Å². The minimum Gasteiger partial charge on any atom is -0.453 e. The van der Waals surface area contributed by atoms with Gasteiger partial charge in [0.1, 0.15) is 6.26 Å². The lowest BCUT2D eigenvalue weighted by Crippen LogP contribution is -1.73. The van der Waals surface area contributed by atoms with Crippen molar-refractivity contribution in [1.29, 1.82) is 0 Å². The number of hydrogen-bond acceptors (Lipinski definition) is 2. The standard InChI is InChI=1S/C16H10OS/c1-2-6-11(7-3-1)13-10-17-16-15(13)12-8-4-5-9-14(12)18-16/h1-10H. The molecule has 0 saturated heterocycles. The number of benzene rings is 2. The van der Waals surface area contributed by atoms with Crippen LogP contribution >= 0.6 is 11.3 Å². The average Bonchev–Trinajstić information content (AvgIpc) is 2.98. The van der Waals surface area contributed by atoms with Crippen molar-refractivity contribution in [3.05, 3.63) is 60.9 Å². The topological polar surface area (TPSA) is 13.1 Å². The van der Waals surface area contributed by atoms with Gasteiger partial charge in [-0.05, 0) is 11.6 Å². The Balaban J connectivity index is 2.13. The molecule has 2 heteroatoms. The van der Waals surface area contributed by atoms with Gasteiger partial charge in [0, 0.05) is 21.0 Å². The summed E-state index contributed by atoms with van der Waals surface area (Å²) >= 11 is 1.71. The van der Waals surface area contributed by atoms with Gasteiger partial charge in [-0.2, -0.15) is 0 Å². The third-order valence-electron chi connectivity index (χ3n) is 3.20. The van der Waals surface area contributed by atoms with E-state index in [1.165, 1.54) is 26.6 Å². The molecule has 0 spiro atoms. The molecule has 0 aliphatic rings. The Morgan fingerprint density at radius 2 is 1.61 bits per heavy atom. The van der Waals surface area contributed by atoms with Gasteiger partial charge in [-0.15, -0.1) is 0 Å². The molecule has 4 rings (SSSR count). The van der Waals surface area contributed by atoms with E-state index in [9.17, 15) is 0 Å². The molecular formula is C16H10OS. The van der Waals surface area contributed by atoms with Crippen molar-refractivity contribution in [2.45, 2.75) is 0 Å². The van der Waals surface area contributed by atoms with E-state index in [-0.39, 0.29) is 0 Å². The van der Waals surface area contributed by atoms with Gasteiger partial charge in [0.2, 0.25) is 0 Å². The Morgan fingerprint density at radius 1 is 0.833 bits per heavy atom. The summed E-state index contributed by atoms with van der Waals surface area (Å²) in [7, 11) is 0. The molecular weight excluding hydrogens is 240 g/mol. The van der Waals surface area contributed by atoms with Crippen molar-refractivity contribution in [3.8, 4) is 11.1 Å². The third-order valence-corrected chi connectivity index (χ3v) is 4.26. The Hall–Kier alpha value is -2.06. The fourth-order valence-corrected chi connectivity index (χ4v) is 3.41. The Labute approximate surface area is 108 Å². The van der Waals surface area contributed by atoms with Crippen LogP contribution in [-0.4, -0.2) is 0 Å². The van der Waals surface area contributed by atoms with Crippen LogP contribution in [0.2, 0.25) is 0 Å². The second-order valence-corrected chi connectivity index (χ2v) is 5.29. The smallest absolute Gasteiger partial charge is 0.189 e. The first-order chi connectivity index (χ1) is 8.93. The van der Waals surface area contributed by atoms with Crippen LogP contribution in [0.15, 0.2) is 65.3 Å². The molecule has 0 fully saturated rings. The van der Waals surface area contributed by atoms with Crippen LogP contribution in [0.5, 0.6) is 0 Å². The normalized spacial score (nSPS) is 11.3. The summed E-state index contributed by atoms with van der Waals surface area (Å²) in [5, 5.41) is 2.52. The largest absolute Gasteiger partial charge is 0.453 e. The van der Waals surface area contributed by atoms with E-state index in [4.69, 9.17) is 4.42 Å². The average molecular weight is 250 g/mol. The fourth-order valence-electron chi connectivity index (χ4n) is 2.36. The monoisotopic (exact) mass is 250 g/mol. The highest BCUT2D eigenvalue weighted by Crippen LogP contribution is 2.41. The van der Waals surface area contributed by atoms with E-state index in [1.807, 2.05) is 12.3 Å². The lowest BCUT2D eigenvalue weighted by molar-refractivity contribution is 0.625. The summed E-state index contributed by atoms with van der Waals surface area (Å²) in [5.41, 5.74) is 2.39. The van der Waals surface area contributed by atoms with Gasteiger partial charge in [0.25, 0.3) is 0 Å². The van der Waals surface area contributed by atoms with Crippen LogP contribution in [0, 0.1) is 0 Å². The van der Waals surface area contributed by atoms with E-state index in [0.29, 0.717) is 0 Å². The number of thiophene rings is 1. The summed E-state index contributed by atoms with van der Waals surface area (Å²) in [6.45, 7) is 0. The molecule has 86 valence electrons. The highest BCUT2D eigenvalue weighted by Gasteiger charge is 2.13. The molecule has 0 N–H and O–H groups in total. The molecule has 18 heavy (non-hydrogen) atoms.